The third-order valence-corrected chi connectivity index (χ3v) is 3.17. The van der Waals surface area contributed by atoms with Gasteiger partial charge in [0.05, 0.1) is 12.5 Å². The van der Waals surface area contributed by atoms with E-state index in [0.717, 1.165) is 15.6 Å². The minimum atomic E-state index is -0.483. The number of hydrogen-bond acceptors (Lipinski definition) is 4. The van der Waals surface area contributed by atoms with Crippen LogP contribution in [0.4, 0.5) is 0 Å². The molecule has 1 rings (SSSR count). The molecule has 19 heavy (non-hydrogen) atoms. The lowest BCUT2D eigenvalue weighted by molar-refractivity contribution is -0.153. The van der Waals surface area contributed by atoms with Gasteiger partial charge in [0.25, 0.3) is 0 Å². The first-order chi connectivity index (χ1) is 8.74. The molecule has 1 atom stereocenters. The van der Waals surface area contributed by atoms with E-state index in [4.69, 9.17) is 9.47 Å². The number of esters is 1. The van der Waals surface area contributed by atoms with E-state index < -0.39 is 5.60 Å². The molecule has 0 spiro atoms. The minimum Gasteiger partial charge on any atom is -0.460 e. The third-order valence-electron chi connectivity index (χ3n) is 2.54. The summed E-state index contributed by atoms with van der Waals surface area (Å²) in [5.41, 5.74) is 1.27. The van der Waals surface area contributed by atoms with Gasteiger partial charge in [-0.1, -0.05) is 0 Å². The van der Waals surface area contributed by atoms with Crippen molar-refractivity contribution >= 4 is 21.9 Å². The van der Waals surface area contributed by atoms with Gasteiger partial charge in [0.2, 0.25) is 0 Å². The maximum Gasteiger partial charge on any atom is 0.310 e. The van der Waals surface area contributed by atoms with Crippen LogP contribution < -0.4 is 0 Å². The zero-order valence-electron chi connectivity index (χ0n) is 12.0. The van der Waals surface area contributed by atoms with Crippen LogP contribution in [-0.4, -0.2) is 23.7 Å². The Hall–Kier alpha value is -0.940. The number of carbonyl (C=O) groups is 1. The Kier molecular flexibility index (Phi) is 5.50. The molecule has 0 aliphatic rings. The number of nitrogens with zero attached hydrogens (tertiary/aromatic N) is 1. The fraction of sp³-hybridized carbons (Fsp3) is 0.571. The molecular weight excluding hydrogens is 310 g/mol. The zero-order chi connectivity index (χ0) is 14.6. The molecule has 0 aliphatic carbocycles. The Morgan fingerprint density at radius 3 is 2.58 bits per heavy atom. The Morgan fingerprint density at radius 2 is 2.05 bits per heavy atom. The number of halogens is 1. The smallest absolute Gasteiger partial charge is 0.310 e. The van der Waals surface area contributed by atoms with Crippen molar-refractivity contribution in [2.75, 3.05) is 7.11 Å². The van der Waals surface area contributed by atoms with E-state index in [1.54, 1.807) is 19.5 Å². The third kappa shape index (κ3) is 4.91. The lowest BCUT2D eigenvalue weighted by Crippen LogP contribution is -2.25. The summed E-state index contributed by atoms with van der Waals surface area (Å²) in [6, 6.07) is 0. The second-order valence-electron chi connectivity index (χ2n) is 5.34. The van der Waals surface area contributed by atoms with Crippen molar-refractivity contribution in [3.63, 3.8) is 0 Å². The van der Waals surface area contributed by atoms with Crippen LogP contribution in [-0.2, 0) is 20.7 Å². The van der Waals surface area contributed by atoms with Gasteiger partial charge in [0, 0.05) is 29.5 Å². The molecule has 1 aromatic rings. The summed E-state index contributed by atoms with van der Waals surface area (Å²) in [5, 5.41) is 0. The van der Waals surface area contributed by atoms with E-state index >= 15 is 0 Å². The summed E-state index contributed by atoms with van der Waals surface area (Å²) in [6.45, 7) is 7.48. The lowest BCUT2D eigenvalue weighted by Gasteiger charge is -2.21. The van der Waals surface area contributed by atoms with Crippen LogP contribution in [0.1, 0.15) is 44.9 Å². The number of aromatic nitrogens is 1. The molecule has 0 amide bonds. The van der Waals surface area contributed by atoms with Crippen LogP contribution in [0.3, 0.4) is 0 Å². The summed E-state index contributed by atoms with van der Waals surface area (Å²) >= 11 is 3.45. The molecule has 0 saturated heterocycles. The van der Waals surface area contributed by atoms with E-state index in [1.807, 2.05) is 27.7 Å². The Balaban J connectivity index is 2.95. The summed E-state index contributed by atoms with van der Waals surface area (Å²) in [5.74, 6) is -0.267. The molecule has 0 N–H and O–H groups in total. The van der Waals surface area contributed by atoms with Crippen molar-refractivity contribution in [2.45, 2.75) is 45.8 Å². The average Bonchev–Trinajstić information content (AvgIpc) is 2.25. The summed E-state index contributed by atoms with van der Waals surface area (Å²) in [7, 11) is 1.63. The van der Waals surface area contributed by atoms with Gasteiger partial charge < -0.3 is 9.47 Å². The topological polar surface area (TPSA) is 48.4 Å². The number of ether oxygens (including phenoxy) is 2. The van der Waals surface area contributed by atoms with Gasteiger partial charge >= 0.3 is 5.97 Å². The van der Waals surface area contributed by atoms with Crippen molar-refractivity contribution in [3.05, 3.63) is 28.0 Å². The fourth-order valence-electron chi connectivity index (χ4n) is 1.73. The molecule has 0 radical (unpaired) electrons. The highest BCUT2D eigenvalue weighted by atomic mass is 79.9. The highest BCUT2D eigenvalue weighted by Gasteiger charge is 2.20. The Morgan fingerprint density at radius 1 is 1.42 bits per heavy atom. The maximum atomic E-state index is 11.9. The molecular formula is C14H20BrNO3. The Bertz CT molecular complexity index is 454. The van der Waals surface area contributed by atoms with Gasteiger partial charge in [-0.2, -0.15) is 0 Å². The summed E-state index contributed by atoms with van der Waals surface area (Å²) in [4.78, 5) is 16.0. The average molecular weight is 330 g/mol. The first kappa shape index (κ1) is 16.1. The van der Waals surface area contributed by atoms with E-state index in [9.17, 15) is 4.79 Å². The molecule has 0 bridgehead atoms. The highest BCUT2D eigenvalue weighted by Crippen LogP contribution is 2.28. The quantitative estimate of drug-likeness (QED) is 0.794. The monoisotopic (exact) mass is 329 g/mol. The van der Waals surface area contributed by atoms with E-state index in [0.29, 0.717) is 0 Å². The van der Waals surface area contributed by atoms with Gasteiger partial charge in [-0.3, -0.25) is 9.78 Å². The maximum absolute atomic E-state index is 11.9. The molecule has 1 aromatic heterocycles. The SMILES string of the molecule is COC(C)c1c(Br)cncc1CC(=O)OC(C)(C)C. The number of rotatable bonds is 4. The van der Waals surface area contributed by atoms with Crippen molar-refractivity contribution < 1.29 is 14.3 Å². The largest absolute Gasteiger partial charge is 0.460 e. The first-order valence-electron chi connectivity index (χ1n) is 6.11. The van der Waals surface area contributed by atoms with Gasteiger partial charge in [-0.15, -0.1) is 0 Å². The van der Waals surface area contributed by atoms with Crippen LogP contribution in [0.2, 0.25) is 0 Å². The number of hydrogen-bond donors (Lipinski definition) is 0. The van der Waals surface area contributed by atoms with Crippen molar-refractivity contribution in [1.82, 2.24) is 4.98 Å². The van der Waals surface area contributed by atoms with Crippen LogP contribution >= 0.6 is 15.9 Å². The minimum absolute atomic E-state index is 0.116. The number of methoxy groups -OCH3 is 1. The normalized spacial score (nSPS) is 13.2. The van der Waals surface area contributed by atoms with Gasteiger partial charge in [0.15, 0.2) is 0 Å². The molecule has 4 nitrogen and oxygen atoms in total. The Labute approximate surface area is 122 Å². The standard InChI is InChI=1S/C14H20BrNO3/c1-9(18-5)13-10(7-16-8-11(13)15)6-12(17)19-14(2,3)4/h7-9H,6H2,1-5H3. The van der Waals surface area contributed by atoms with E-state index in [1.165, 1.54) is 0 Å². The molecule has 0 aliphatic heterocycles. The molecule has 0 aromatic carbocycles. The van der Waals surface area contributed by atoms with Gasteiger partial charge in [0.1, 0.15) is 5.60 Å². The predicted octanol–water partition coefficient (Wildman–Crippen LogP) is 3.44. The highest BCUT2D eigenvalue weighted by molar-refractivity contribution is 9.10. The van der Waals surface area contributed by atoms with Gasteiger partial charge in [-0.25, -0.2) is 0 Å². The van der Waals surface area contributed by atoms with Crippen molar-refractivity contribution in [3.8, 4) is 0 Å². The number of pyridine rings is 1. The summed E-state index contributed by atoms with van der Waals surface area (Å²) in [6.07, 6.45) is 3.45. The fourth-order valence-corrected chi connectivity index (χ4v) is 2.43. The predicted molar refractivity (Wildman–Crippen MR) is 76.9 cm³/mol. The van der Waals surface area contributed by atoms with Crippen LogP contribution in [0.5, 0.6) is 0 Å². The molecule has 1 heterocycles. The van der Waals surface area contributed by atoms with E-state index in [2.05, 4.69) is 20.9 Å². The molecule has 1 unspecified atom stereocenters. The second-order valence-corrected chi connectivity index (χ2v) is 6.19. The van der Waals surface area contributed by atoms with Crippen molar-refractivity contribution in [2.24, 2.45) is 0 Å². The van der Waals surface area contributed by atoms with Crippen molar-refractivity contribution in [1.29, 1.82) is 0 Å². The first-order valence-corrected chi connectivity index (χ1v) is 6.91. The molecule has 0 saturated carbocycles. The molecule has 5 heteroatoms. The van der Waals surface area contributed by atoms with Crippen LogP contribution in [0, 0.1) is 0 Å². The molecule has 0 fully saturated rings. The van der Waals surface area contributed by atoms with Crippen LogP contribution in [0.15, 0.2) is 16.9 Å². The number of carbonyl (C=O) groups excluding carboxylic acids is 1. The van der Waals surface area contributed by atoms with Crippen LogP contribution in [0.25, 0.3) is 0 Å². The van der Waals surface area contributed by atoms with Gasteiger partial charge in [-0.05, 0) is 49.2 Å². The summed E-state index contributed by atoms with van der Waals surface area (Å²) < 4.78 is 11.5. The van der Waals surface area contributed by atoms with E-state index in [-0.39, 0.29) is 18.5 Å². The zero-order valence-corrected chi connectivity index (χ0v) is 13.6. The molecule has 106 valence electrons. The lowest BCUT2D eigenvalue weighted by atomic mass is 10.0. The second kappa shape index (κ2) is 6.48.